The van der Waals surface area contributed by atoms with Crippen LogP contribution in [0.1, 0.15) is 123 Å². The van der Waals surface area contributed by atoms with Gasteiger partial charge in [-0.2, -0.15) is 0 Å². The number of hydrogen-bond donors (Lipinski definition) is 1. The highest BCUT2D eigenvalue weighted by atomic mass is 16.5. The van der Waals surface area contributed by atoms with Gasteiger partial charge < -0.3 is 10.5 Å². The van der Waals surface area contributed by atoms with E-state index in [1.54, 1.807) is 0 Å². The van der Waals surface area contributed by atoms with Gasteiger partial charge in [-0.25, -0.2) is 0 Å². The van der Waals surface area contributed by atoms with Crippen molar-refractivity contribution in [3.8, 4) is 0 Å². The number of hydrogen-bond acceptors (Lipinski definition) is 2. The lowest BCUT2D eigenvalue weighted by Crippen LogP contribution is -2.17. The monoisotopic (exact) mass is 341 g/mol. The van der Waals surface area contributed by atoms with Crippen molar-refractivity contribution in [1.82, 2.24) is 0 Å². The Bertz CT molecular complexity index is 218. The molecule has 1 atom stereocenters. The van der Waals surface area contributed by atoms with Gasteiger partial charge in [0.1, 0.15) is 0 Å². The third-order valence-corrected chi connectivity index (χ3v) is 4.86. The SMILES string of the molecule is CCCCCCCCCCCCCCCCCCOCCC(C)N. The quantitative estimate of drug-likeness (QED) is 0.242. The minimum absolute atomic E-state index is 0.274. The Morgan fingerprint density at radius 3 is 1.33 bits per heavy atom. The fraction of sp³-hybridized carbons (Fsp3) is 1.00. The van der Waals surface area contributed by atoms with Crippen molar-refractivity contribution in [2.45, 2.75) is 129 Å². The topological polar surface area (TPSA) is 35.2 Å². The highest BCUT2D eigenvalue weighted by molar-refractivity contribution is 4.52. The van der Waals surface area contributed by atoms with Crippen molar-refractivity contribution < 1.29 is 4.74 Å². The minimum atomic E-state index is 0.274. The van der Waals surface area contributed by atoms with Crippen LogP contribution in [0.15, 0.2) is 0 Å². The second-order valence-corrected chi connectivity index (χ2v) is 7.68. The first kappa shape index (κ1) is 23.9. The maximum absolute atomic E-state index is 5.69. The molecular formula is C22H47NO. The molecule has 0 aliphatic rings. The van der Waals surface area contributed by atoms with Crippen LogP contribution in [0.25, 0.3) is 0 Å². The van der Waals surface area contributed by atoms with Crippen LogP contribution in [0, 0.1) is 0 Å². The van der Waals surface area contributed by atoms with Gasteiger partial charge in [-0.1, -0.05) is 103 Å². The normalized spacial score (nSPS) is 12.6. The van der Waals surface area contributed by atoms with Gasteiger partial charge in [0.05, 0.1) is 0 Å². The van der Waals surface area contributed by atoms with Crippen LogP contribution in [0.3, 0.4) is 0 Å². The van der Waals surface area contributed by atoms with Crippen molar-refractivity contribution in [3.05, 3.63) is 0 Å². The molecule has 2 heteroatoms. The largest absolute Gasteiger partial charge is 0.381 e. The molecule has 0 rings (SSSR count). The predicted molar refractivity (Wildman–Crippen MR) is 109 cm³/mol. The van der Waals surface area contributed by atoms with E-state index in [0.29, 0.717) is 0 Å². The predicted octanol–water partition coefficient (Wildman–Crippen LogP) is 7.00. The molecule has 0 aromatic carbocycles. The Morgan fingerprint density at radius 2 is 0.958 bits per heavy atom. The molecule has 0 aromatic rings. The second-order valence-electron chi connectivity index (χ2n) is 7.68. The standard InChI is InChI=1S/C22H47NO/c1-3-4-5-6-7-8-9-10-11-12-13-14-15-16-17-18-20-24-21-19-22(2)23/h22H,3-21,23H2,1-2H3. The van der Waals surface area contributed by atoms with E-state index in [9.17, 15) is 0 Å². The number of unbranched alkanes of at least 4 members (excludes halogenated alkanes) is 15. The summed E-state index contributed by atoms with van der Waals surface area (Å²) in [6.07, 6.45) is 23.7. The van der Waals surface area contributed by atoms with E-state index in [2.05, 4.69) is 6.92 Å². The van der Waals surface area contributed by atoms with Crippen molar-refractivity contribution >= 4 is 0 Å². The third kappa shape index (κ3) is 21.9. The van der Waals surface area contributed by atoms with Gasteiger partial charge in [0.15, 0.2) is 0 Å². The molecule has 0 bridgehead atoms. The number of rotatable bonds is 20. The summed E-state index contributed by atoms with van der Waals surface area (Å²) in [5.41, 5.74) is 5.69. The highest BCUT2D eigenvalue weighted by Gasteiger charge is 1.96. The van der Waals surface area contributed by atoms with E-state index in [1.807, 2.05) is 6.92 Å². The average molecular weight is 342 g/mol. The van der Waals surface area contributed by atoms with Crippen molar-refractivity contribution in [1.29, 1.82) is 0 Å². The summed E-state index contributed by atoms with van der Waals surface area (Å²) in [6, 6.07) is 0.274. The molecular weight excluding hydrogens is 294 g/mol. The Hall–Kier alpha value is -0.0800. The van der Waals surface area contributed by atoms with Crippen LogP contribution in [-0.2, 0) is 4.74 Å². The molecule has 146 valence electrons. The fourth-order valence-corrected chi connectivity index (χ4v) is 3.12. The summed E-state index contributed by atoms with van der Waals surface area (Å²) in [5, 5.41) is 0. The lowest BCUT2D eigenvalue weighted by atomic mass is 10.0. The van der Waals surface area contributed by atoms with Gasteiger partial charge in [0.25, 0.3) is 0 Å². The second kappa shape index (κ2) is 21.0. The molecule has 0 aliphatic heterocycles. The van der Waals surface area contributed by atoms with Gasteiger partial charge in [0.2, 0.25) is 0 Å². The van der Waals surface area contributed by atoms with Gasteiger partial charge in [-0.05, 0) is 19.8 Å². The van der Waals surface area contributed by atoms with Crippen molar-refractivity contribution in [2.75, 3.05) is 13.2 Å². The lowest BCUT2D eigenvalue weighted by molar-refractivity contribution is 0.124. The molecule has 0 amide bonds. The zero-order valence-electron chi connectivity index (χ0n) is 17.0. The minimum Gasteiger partial charge on any atom is -0.381 e. The first-order valence-electron chi connectivity index (χ1n) is 11.1. The summed E-state index contributed by atoms with van der Waals surface area (Å²) >= 11 is 0. The molecule has 0 radical (unpaired) electrons. The van der Waals surface area contributed by atoms with E-state index >= 15 is 0 Å². The van der Waals surface area contributed by atoms with Crippen LogP contribution >= 0.6 is 0 Å². The Balaban J connectivity index is 2.95. The molecule has 0 aromatic heterocycles. The molecule has 0 heterocycles. The van der Waals surface area contributed by atoms with E-state index in [4.69, 9.17) is 10.5 Å². The summed E-state index contributed by atoms with van der Waals surface area (Å²) < 4.78 is 5.58. The van der Waals surface area contributed by atoms with E-state index in [0.717, 1.165) is 19.6 Å². The summed E-state index contributed by atoms with van der Waals surface area (Å²) in [5.74, 6) is 0. The number of nitrogens with two attached hydrogens (primary N) is 1. The first-order chi connectivity index (χ1) is 11.8. The van der Waals surface area contributed by atoms with Crippen molar-refractivity contribution in [2.24, 2.45) is 5.73 Å². The zero-order valence-corrected chi connectivity index (χ0v) is 17.0. The molecule has 0 fully saturated rings. The third-order valence-electron chi connectivity index (χ3n) is 4.86. The summed E-state index contributed by atoms with van der Waals surface area (Å²) in [4.78, 5) is 0. The molecule has 0 aliphatic carbocycles. The summed E-state index contributed by atoms with van der Waals surface area (Å²) in [7, 11) is 0. The molecule has 0 saturated heterocycles. The van der Waals surface area contributed by atoms with Gasteiger partial charge in [-0.15, -0.1) is 0 Å². The average Bonchev–Trinajstić information content (AvgIpc) is 2.56. The molecule has 0 saturated carbocycles. The Morgan fingerprint density at radius 1 is 0.583 bits per heavy atom. The highest BCUT2D eigenvalue weighted by Crippen LogP contribution is 2.13. The van der Waals surface area contributed by atoms with E-state index in [1.165, 1.54) is 103 Å². The lowest BCUT2D eigenvalue weighted by Gasteiger charge is -2.06. The fourth-order valence-electron chi connectivity index (χ4n) is 3.12. The first-order valence-corrected chi connectivity index (χ1v) is 11.1. The van der Waals surface area contributed by atoms with Crippen molar-refractivity contribution in [3.63, 3.8) is 0 Å². The smallest absolute Gasteiger partial charge is 0.0480 e. The number of ether oxygens (including phenoxy) is 1. The van der Waals surface area contributed by atoms with Crippen LogP contribution in [0.2, 0.25) is 0 Å². The van der Waals surface area contributed by atoms with Crippen LogP contribution in [-0.4, -0.2) is 19.3 Å². The summed E-state index contributed by atoms with van der Waals surface area (Å²) in [6.45, 7) is 6.08. The van der Waals surface area contributed by atoms with Gasteiger partial charge >= 0.3 is 0 Å². The van der Waals surface area contributed by atoms with E-state index in [-0.39, 0.29) is 6.04 Å². The Kier molecular flexibility index (Phi) is 20.9. The van der Waals surface area contributed by atoms with E-state index < -0.39 is 0 Å². The molecule has 0 spiro atoms. The molecule has 24 heavy (non-hydrogen) atoms. The molecule has 1 unspecified atom stereocenters. The maximum atomic E-state index is 5.69. The maximum Gasteiger partial charge on any atom is 0.0480 e. The van der Waals surface area contributed by atoms with Gasteiger partial charge in [0, 0.05) is 19.3 Å². The molecule has 2 N–H and O–H groups in total. The van der Waals surface area contributed by atoms with Crippen LogP contribution in [0.5, 0.6) is 0 Å². The van der Waals surface area contributed by atoms with Gasteiger partial charge in [-0.3, -0.25) is 0 Å². The van der Waals surface area contributed by atoms with Crippen LogP contribution in [0.4, 0.5) is 0 Å². The van der Waals surface area contributed by atoms with Crippen LogP contribution < -0.4 is 5.73 Å². The zero-order chi connectivity index (χ0) is 17.7. The molecule has 2 nitrogen and oxygen atoms in total. The Labute approximate surface area is 153 Å².